The van der Waals surface area contributed by atoms with Gasteiger partial charge >= 0.3 is 0 Å². The van der Waals surface area contributed by atoms with Gasteiger partial charge in [-0.15, -0.1) is 0 Å². The second-order valence-corrected chi connectivity index (χ2v) is 6.07. The van der Waals surface area contributed by atoms with E-state index in [9.17, 15) is 9.59 Å². The SMILES string of the molecule is O=C(N[C@H]1CCCN(c2ncc[nH]c2=O)C1)c1cccc2nccn12. The lowest BCUT2D eigenvalue weighted by atomic mass is 10.1. The normalized spacial score (nSPS) is 17.6. The van der Waals surface area contributed by atoms with Gasteiger partial charge in [0.2, 0.25) is 0 Å². The molecule has 25 heavy (non-hydrogen) atoms. The maximum Gasteiger partial charge on any atom is 0.290 e. The third-order valence-corrected chi connectivity index (χ3v) is 4.41. The molecule has 4 rings (SSSR count). The van der Waals surface area contributed by atoms with Crippen LogP contribution in [0.1, 0.15) is 23.3 Å². The first-order chi connectivity index (χ1) is 12.2. The molecular formula is C17H18N6O2. The van der Waals surface area contributed by atoms with Gasteiger partial charge in [-0.1, -0.05) is 6.07 Å². The van der Waals surface area contributed by atoms with Gasteiger partial charge in [-0.2, -0.15) is 0 Å². The van der Waals surface area contributed by atoms with Crippen LogP contribution >= 0.6 is 0 Å². The standard InChI is InChI=1S/C17H18N6O2/c24-16(13-4-1-5-14-18-8-10-23(13)14)21-12-3-2-9-22(11-12)15-17(25)20-7-6-19-15/h1,4-8,10,12H,2-3,9,11H2,(H,20,25)(H,21,24)/t12-/m0/s1. The first-order valence-electron chi connectivity index (χ1n) is 8.24. The summed E-state index contributed by atoms with van der Waals surface area (Å²) in [7, 11) is 0. The number of aromatic amines is 1. The number of piperidine rings is 1. The summed E-state index contributed by atoms with van der Waals surface area (Å²) in [4.78, 5) is 37.5. The van der Waals surface area contributed by atoms with Gasteiger partial charge < -0.3 is 15.2 Å². The monoisotopic (exact) mass is 338 g/mol. The van der Waals surface area contributed by atoms with E-state index in [4.69, 9.17) is 0 Å². The van der Waals surface area contributed by atoms with Gasteiger partial charge in [0, 0.05) is 43.9 Å². The largest absolute Gasteiger partial charge is 0.350 e. The summed E-state index contributed by atoms with van der Waals surface area (Å²) in [6, 6.07) is 5.40. The lowest BCUT2D eigenvalue weighted by molar-refractivity contribution is 0.0926. The highest BCUT2D eigenvalue weighted by Crippen LogP contribution is 2.15. The van der Waals surface area contributed by atoms with Crippen molar-refractivity contribution in [2.24, 2.45) is 0 Å². The molecule has 0 unspecified atom stereocenters. The Morgan fingerprint density at radius 2 is 2.20 bits per heavy atom. The first kappa shape index (κ1) is 15.4. The summed E-state index contributed by atoms with van der Waals surface area (Å²) >= 11 is 0. The smallest absolute Gasteiger partial charge is 0.290 e. The van der Waals surface area contributed by atoms with E-state index in [-0.39, 0.29) is 17.5 Å². The Labute approximate surface area is 143 Å². The van der Waals surface area contributed by atoms with E-state index in [2.05, 4.69) is 20.3 Å². The maximum absolute atomic E-state index is 12.7. The van der Waals surface area contributed by atoms with Gasteiger partial charge in [-0.25, -0.2) is 9.97 Å². The number of H-pyrrole nitrogens is 1. The molecule has 8 heteroatoms. The molecule has 128 valence electrons. The summed E-state index contributed by atoms with van der Waals surface area (Å²) in [6.07, 6.45) is 8.27. The molecule has 4 heterocycles. The van der Waals surface area contributed by atoms with E-state index in [0.29, 0.717) is 18.1 Å². The van der Waals surface area contributed by atoms with Crippen molar-refractivity contribution in [1.82, 2.24) is 24.7 Å². The number of carbonyl (C=O) groups is 1. The van der Waals surface area contributed by atoms with Crippen molar-refractivity contribution in [3.63, 3.8) is 0 Å². The second-order valence-electron chi connectivity index (χ2n) is 6.07. The molecule has 3 aromatic rings. The highest BCUT2D eigenvalue weighted by Gasteiger charge is 2.24. The van der Waals surface area contributed by atoms with Gasteiger partial charge in [0.05, 0.1) is 0 Å². The lowest BCUT2D eigenvalue weighted by Gasteiger charge is -2.33. The zero-order valence-electron chi connectivity index (χ0n) is 13.6. The molecule has 0 bridgehead atoms. The molecule has 1 aliphatic rings. The van der Waals surface area contributed by atoms with Crippen LogP contribution in [-0.4, -0.2) is 44.4 Å². The molecule has 1 fully saturated rings. The number of hydrogen-bond donors (Lipinski definition) is 2. The number of aromatic nitrogens is 4. The number of carbonyl (C=O) groups excluding carboxylic acids is 1. The lowest BCUT2D eigenvalue weighted by Crippen LogP contribution is -2.49. The fraction of sp³-hybridized carbons (Fsp3) is 0.294. The number of nitrogens with zero attached hydrogens (tertiary/aromatic N) is 4. The van der Waals surface area contributed by atoms with E-state index in [1.54, 1.807) is 29.1 Å². The van der Waals surface area contributed by atoms with E-state index >= 15 is 0 Å². The number of imidazole rings is 1. The number of rotatable bonds is 3. The van der Waals surface area contributed by atoms with Crippen molar-refractivity contribution in [2.75, 3.05) is 18.0 Å². The highest BCUT2D eigenvalue weighted by atomic mass is 16.2. The van der Waals surface area contributed by atoms with Gasteiger partial charge in [0.15, 0.2) is 5.82 Å². The molecular weight excluding hydrogens is 320 g/mol. The minimum Gasteiger partial charge on any atom is -0.350 e. The zero-order valence-corrected chi connectivity index (χ0v) is 13.6. The molecule has 0 saturated carbocycles. The summed E-state index contributed by atoms with van der Waals surface area (Å²) in [5.74, 6) is 0.253. The Balaban J connectivity index is 1.51. The number of amides is 1. The summed E-state index contributed by atoms with van der Waals surface area (Å²) in [5.41, 5.74) is 1.07. The van der Waals surface area contributed by atoms with E-state index in [1.807, 2.05) is 17.0 Å². The van der Waals surface area contributed by atoms with Crippen LogP contribution in [-0.2, 0) is 0 Å². The van der Waals surface area contributed by atoms with Crippen LogP contribution in [0.5, 0.6) is 0 Å². The Hall–Kier alpha value is -3.16. The predicted octanol–water partition coefficient (Wildman–Crippen LogP) is 0.816. The average molecular weight is 338 g/mol. The molecule has 8 nitrogen and oxygen atoms in total. The third-order valence-electron chi connectivity index (χ3n) is 4.41. The number of anilines is 1. The number of fused-ring (bicyclic) bond motifs is 1. The van der Waals surface area contributed by atoms with E-state index < -0.39 is 0 Å². The average Bonchev–Trinajstić information content (AvgIpc) is 3.11. The van der Waals surface area contributed by atoms with E-state index in [1.165, 1.54) is 6.20 Å². The Kier molecular flexibility index (Phi) is 3.93. The maximum atomic E-state index is 12.7. The van der Waals surface area contributed by atoms with Gasteiger partial charge in [0.25, 0.3) is 11.5 Å². The second kappa shape index (κ2) is 6.39. The summed E-state index contributed by atoms with van der Waals surface area (Å²) in [6.45, 7) is 1.31. The number of pyridine rings is 1. The quantitative estimate of drug-likeness (QED) is 0.737. The van der Waals surface area contributed by atoms with Crippen LogP contribution in [0.15, 0.2) is 47.8 Å². The van der Waals surface area contributed by atoms with Crippen LogP contribution in [0.3, 0.4) is 0 Å². The molecule has 1 atom stereocenters. The van der Waals surface area contributed by atoms with Crippen molar-refractivity contribution >= 4 is 17.4 Å². The Morgan fingerprint density at radius 3 is 3.08 bits per heavy atom. The fourth-order valence-corrected chi connectivity index (χ4v) is 3.25. The molecule has 1 amide bonds. The number of hydrogen-bond acceptors (Lipinski definition) is 5. The Morgan fingerprint density at radius 1 is 1.28 bits per heavy atom. The van der Waals surface area contributed by atoms with E-state index in [0.717, 1.165) is 25.0 Å². The first-order valence-corrected chi connectivity index (χ1v) is 8.24. The molecule has 2 N–H and O–H groups in total. The van der Waals surface area contributed by atoms with Gasteiger partial charge in [0.1, 0.15) is 11.3 Å². The van der Waals surface area contributed by atoms with Crippen molar-refractivity contribution in [3.05, 3.63) is 59.0 Å². The molecule has 1 saturated heterocycles. The third kappa shape index (κ3) is 2.98. The van der Waals surface area contributed by atoms with Crippen LogP contribution in [0.2, 0.25) is 0 Å². The molecule has 0 radical (unpaired) electrons. The van der Waals surface area contributed by atoms with Crippen molar-refractivity contribution < 1.29 is 4.79 Å². The van der Waals surface area contributed by atoms with Crippen LogP contribution in [0.4, 0.5) is 5.82 Å². The summed E-state index contributed by atoms with van der Waals surface area (Å²) < 4.78 is 1.76. The van der Waals surface area contributed by atoms with Crippen molar-refractivity contribution in [3.8, 4) is 0 Å². The summed E-state index contributed by atoms with van der Waals surface area (Å²) in [5, 5.41) is 3.07. The minimum atomic E-state index is -0.211. The molecule has 1 aliphatic heterocycles. The number of nitrogens with one attached hydrogen (secondary N) is 2. The van der Waals surface area contributed by atoms with Crippen molar-refractivity contribution in [1.29, 1.82) is 0 Å². The van der Waals surface area contributed by atoms with Gasteiger partial charge in [-0.3, -0.25) is 14.0 Å². The van der Waals surface area contributed by atoms with Crippen LogP contribution in [0, 0.1) is 0 Å². The Bertz CT molecular complexity index is 963. The predicted molar refractivity (Wildman–Crippen MR) is 92.8 cm³/mol. The van der Waals surface area contributed by atoms with Crippen LogP contribution in [0.25, 0.3) is 5.65 Å². The fourth-order valence-electron chi connectivity index (χ4n) is 3.25. The topological polar surface area (TPSA) is 95.4 Å². The molecule has 3 aromatic heterocycles. The minimum absolute atomic E-state index is 0.0403. The zero-order chi connectivity index (χ0) is 17.2. The molecule has 0 aliphatic carbocycles. The van der Waals surface area contributed by atoms with Gasteiger partial charge in [-0.05, 0) is 25.0 Å². The van der Waals surface area contributed by atoms with Crippen molar-refractivity contribution in [2.45, 2.75) is 18.9 Å². The van der Waals surface area contributed by atoms with Crippen LogP contribution < -0.4 is 15.8 Å². The molecule has 0 aromatic carbocycles. The molecule has 0 spiro atoms. The highest BCUT2D eigenvalue weighted by molar-refractivity contribution is 5.93.